The predicted octanol–water partition coefficient (Wildman–Crippen LogP) is -4.54. The zero-order valence-electron chi connectivity index (χ0n) is 29.7. The fourth-order valence-electron chi connectivity index (χ4n) is 4.76. The summed E-state index contributed by atoms with van der Waals surface area (Å²) in [6.07, 6.45) is -2.76. The molecule has 6 amide bonds. The van der Waals surface area contributed by atoms with Crippen molar-refractivity contribution in [3.8, 4) is 0 Å². The van der Waals surface area contributed by atoms with E-state index >= 15 is 0 Å². The van der Waals surface area contributed by atoms with Crippen LogP contribution in [0.25, 0.3) is 0 Å². The predicted molar refractivity (Wildman–Crippen MR) is 185 cm³/mol. The molecule has 17 N–H and O–H groups in total. The van der Waals surface area contributed by atoms with Gasteiger partial charge in [0.25, 0.3) is 0 Å². The van der Waals surface area contributed by atoms with E-state index in [1.54, 1.807) is 0 Å². The number of carboxylic acids is 3. The molecule has 0 aromatic carbocycles. The molecule has 22 heteroatoms. The number of amides is 6. The Hall–Kier alpha value is -4.93. The highest BCUT2D eigenvalue weighted by Gasteiger charge is 2.35. The van der Waals surface area contributed by atoms with E-state index in [0.29, 0.717) is 32.2 Å². The average molecular weight is 762 g/mol. The number of nitrogens with one attached hydrogen (secondary N) is 5. The summed E-state index contributed by atoms with van der Waals surface area (Å²) in [7, 11) is 0. The van der Waals surface area contributed by atoms with Crippen molar-refractivity contribution in [3.05, 3.63) is 0 Å². The molecule has 0 aromatic heterocycles. The Morgan fingerprint density at radius 1 is 0.528 bits per heavy atom. The highest BCUT2D eigenvalue weighted by atomic mass is 16.4. The maximum atomic E-state index is 13.4. The normalized spacial score (nSPS) is 14.9. The van der Waals surface area contributed by atoms with Crippen molar-refractivity contribution in [1.29, 1.82) is 0 Å². The first kappa shape index (κ1) is 48.1. The molecule has 0 aliphatic heterocycles. The van der Waals surface area contributed by atoms with Gasteiger partial charge in [-0.1, -0.05) is 6.42 Å². The smallest absolute Gasteiger partial charge is 0.326 e. The van der Waals surface area contributed by atoms with Crippen molar-refractivity contribution >= 4 is 53.4 Å². The van der Waals surface area contributed by atoms with Gasteiger partial charge in [-0.05, 0) is 71.4 Å². The first-order valence-corrected chi connectivity index (χ1v) is 17.1. The van der Waals surface area contributed by atoms with Gasteiger partial charge in [-0.25, -0.2) is 4.79 Å². The van der Waals surface area contributed by atoms with Gasteiger partial charge in [-0.3, -0.25) is 38.4 Å². The summed E-state index contributed by atoms with van der Waals surface area (Å²) < 4.78 is 0. The maximum Gasteiger partial charge on any atom is 0.326 e. The highest BCUT2D eigenvalue weighted by molar-refractivity contribution is 5.97. The lowest BCUT2D eigenvalue weighted by atomic mass is 10.0. The second kappa shape index (κ2) is 25.9. The van der Waals surface area contributed by atoms with E-state index in [4.69, 9.17) is 28.0 Å². The van der Waals surface area contributed by atoms with Gasteiger partial charge in [0.1, 0.15) is 30.2 Å². The quantitative estimate of drug-likeness (QED) is 0.0319. The van der Waals surface area contributed by atoms with Crippen LogP contribution in [0.1, 0.15) is 84.0 Å². The summed E-state index contributed by atoms with van der Waals surface area (Å²) in [6.45, 7) is 1.72. The number of aliphatic hydroxyl groups is 1. The van der Waals surface area contributed by atoms with Gasteiger partial charge >= 0.3 is 17.9 Å². The molecular weight excluding hydrogens is 706 g/mol. The number of carbonyl (C=O) groups excluding carboxylic acids is 6. The number of carbonyl (C=O) groups is 9. The van der Waals surface area contributed by atoms with Crippen LogP contribution in [0.15, 0.2) is 0 Å². The Kier molecular flexibility index (Phi) is 23.5. The summed E-state index contributed by atoms with van der Waals surface area (Å²) >= 11 is 0. The van der Waals surface area contributed by atoms with E-state index in [9.17, 15) is 58.5 Å². The van der Waals surface area contributed by atoms with E-state index in [1.165, 1.54) is 0 Å². The van der Waals surface area contributed by atoms with Crippen LogP contribution in [-0.2, 0) is 43.2 Å². The van der Waals surface area contributed by atoms with Crippen LogP contribution < -0.4 is 49.5 Å². The fraction of sp³-hybridized carbons (Fsp3) is 0.710. The molecule has 0 unspecified atom stereocenters. The van der Waals surface area contributed by atoms with Gasteiger partial charge in [0, 0.05) is 19.3 Å². The van der Waals surface area contributed by atoms with Gasteiger partial charge in [0.2, 0.25) is 35.4 Å². The first-order chi connectivity index (χ1) is 24.8. The van der Waals surface area contributed by atoms with Gasteiger partial charge in [-0.2, -0.15) is 0 Å². The second-order valence-corrected chi connectivity index (χ2v) is 12.4. The molecule has 302 valence electrons. The number of nitrogens with two attached hydrogens (primary N) is 4. The Labute approximate surface area is 305 Å². The molecule has 0 bridgehead atoms. The third kappa shape index (κ3) is 20.6. The average Bonchev–Trinajstić information content (AvgIpc) is 3.07. The largest absolute Gasteiger partial charge is 0.481 e. The van der Waals surface area contributed by atoms with Crippen LogP contribution in [0, 0.1) is 0 Å². The van der Waals surface area contributed by atoms with Crippen LogP contribution in [0.3, 0.4) is 0 Å². The van der Waals surface area contributed by atoms with Crippen molar-refractivity contribution < 1.29 is 63.6 Å². The minimum Gasteiger partial charge on any atom is -0.481 e. The summed E-state index contributed by atoms with van der Waals surface area (Å²) in [5.41, 5.74) is 22.0. The number of hydrogen-bond acceptors (Lipinski definition) is 13. The molecule has 0 fully saturated rings. The number of rotatable bonds is 29. The van der Waals surface area contributed by atoms with Crippen molar-refractivity contribution in [1.82, 2.24) is 26.6 Å². The number of primary amides is 1. The molecule has 0 aliphatic carbocycles. The number of aliphatic carboxylic acids is 3. The second-order valence-electron chi connectivity index (χ2n) is 12.4. The molecule has 0 aliphatic rings. The minimum atomic E-state index is -1.83. The van der Waals surface area contributed by atoms with Gasteiger partial charge in [-0.15, -0.1) is 0 Å². The van der Waals surface area contributed by atoms with E-state index in [2.05, 4.69) is 26.6 Å². The molecule has 7 atom stereocenters. The summed E-state index contributed by atoms with van der Waals surface area (Å²) in [6, 6.07) is -9.15. The number of hydrogen-bond donors (Lipinski definition) is 13. The van der Waals surface area contributed by atoms with Crippen LogP contribution in [0.2, 0.25) is 0 Å². The summed E-state index contributed by atoms with van der Waals surface area (Å²) in [4.78, 5) is 112. The van der Waals surface area contributed by atoms with Gasteiger partial charge < -0.3 is 69.9 Å². The van der Waals surface area contributed by atoms with E-state index in [-0.39, 0.29) is 19.4 Å². The van der Waals surface area contributed by atoms with Gasteiger partial charge in [0.15, 0.2) is 0 Å². The number of unbranched alkanes of at least 4 members (excludes halogenated alkanes) is 2. The van der Waals surface area contributed by atoms with Crippen molar-refractivity contribution in [3.63, 3.8) is 0 Å². The Morgan fingerprint density at radius 3 is 1.34 bits per heavy atom. The standard InChI is InChI=1S/C31H55N9O13/c1-16(41)25(40-29(50)20(10-13-24(45)46)36-26(47)17(34)6-2-4-14-32)30(51)38-18(8-11-22(35)42)27(48)37-19(9-12-23(43)44)28(49)39-21(31(52)53)7-3-5-15-33/h16-21,25,41H,2-15,32-34H2,1H3,(H2,35,42)(H,36,47)(H,37,48)(H,38,51)(H,39,49)(H,40,50)(H,43,44)(H,45,46)(H,52,53)/t16-,17+,18+,19+,20+,21+,25+/m1/s1. The minimum absolute atomic E-state index is 0.0238. The number of carboxylic acid groups (broad SMARTS) is 3. The molecule has 0 radical (unpaired) electrons. The molecule has 22 nitrogen and oxygen atoms in total. The first-order valence-electron chi connectivity index (χ1n) is 17.1. The highest BCUT2D eigenvalue weighted by Crippen LogP contribution is 2.08. The summed E-state index contributed by atoms with van der Waals surface area (Å²) in [5, 5.41) is 49.6. The molecule has 0 saturated heterocycles. The Morgan fingerprint density at radius 2 is 0.925 bits per heavy atom. The Balaban J connectivity index is 6.17. The zero-order chi connectivity index (χ0) is 40.7. The van der Waals surface area contributed by atoms with Crippen molar-refractivity contribution in [2.75, 3.05) is 13.1 Å². The topological polar surface area (TPSA) is 399 Å². The monoisotopic (exact) mass is 761 g/mol. The molecule has 0 spiro atoms. The lowest BCUT2D eigenvalue weighted by Gasteiger charge is -2.28. The van der Waals surface area contributed by atoms with Crippen molar-refractivity contribution in [2.24, 2.45) is 22.9 Å². The SMILES string of the molecule is C[C@@H](O)[C@H](NC(=O)[C@H](CCC(=O)O)NC(=O)[C@@H](N)CCCCN)C(=O)N[C@@H](CCC(N)=O)C(=O)N[C@@H](CCC(=O)O)C(=O)N[C@@H](CCCCN)C(=O)O. The van der Waals surface area contributed by atoms with Gasteiger partial charge in [0.05, 0.1) is 12.1 Å². The Bertz CT molecular complexity index is 1270. The molecule has 0 heterocycles. The van der Waals surface area contributed by atoms with E-state index in [1.807, 2.05) is 0 Å². The van der Waals surface area contributed by atoms with E-state index < -0.39 is 134 Å². The van der Waals surface area contributed by atoms with Crippen LogP contribution in [0.4, 0.5) is 0 Å². The fourth-order valence-corrected chi connectivity index (χ4v) is 4.76. The van der Waals surface area contributed by atoms with Crippen molar-refractivity contribution in [2.45, 2.75) is 126 Å². The molecule has 0 saturated carbocycles. The lowest BCUT2D eigenvalue weighted by Crippen LogP contribution is -2.61. The molecule has 0 aromatic rings. The molecular formula is C31H55N9O13. The van der Waals surface area contributed by atoms with Crippen LogP contribution in [-0.4, -0.2) is 129 Å². The van der Waals surface area contributed by atoms with E-state index in [0.717, 1.165) is 6.92 Å². The number of aliphatic hydroxyl groups excluding tert-OH is 1. The lowest BCUT2D eigenvalue weighted by molar-refractivity contribution is -0.143. The molecule has 0 rings (SSSR count). The third-order valence-corrected chi connectivity index (χ3v) is 7.80. The summed E-state index contributed by atoms with van der Waals surface area (Å²) in [5.74, 6) is -10.2. The molecule has 53 heavy (non-hydrogen) atoms. The van der Waals surface area contributed by atoms with Crippen LogP contribution >= 0.6 is 0 Å². The third-order valence-electron chi connectivity index (χ3n) is 7.80. The maximum absolute atomic E-state index is 13.4. The zero-order valence-corrected chi connectivity index (χ0v) is 29.7. The van der Waals surface area contributed by atoms with Crippen LogP contribution in [0.5, 0.6) is 0 Å².